The van der Waals surface area contributed by atoms with E-state index in [4.69, 9.17) is 9.52 Å². The summed E-state index contributed by atoms with van der Waals surface area (Å²) in [4.78, 5) is 13.8. The minimum Gasteiger partial charge on any atom is -0.357 e. The van der Waals surface area contributed by atoms with Crippen LogP contribution in [0.1, 0.15) is 24.2 Å². The second kappa shape index (κ2) is 10.6. The number of benzene rings is 1. The highest BCUT2D eigenvalue weighted by atomic mass is 16.5. The van der Waals surface area contributed by atoms with E-state index in [1.54, 1.807) is 0 Å². The summed E-state index contributed by atoms with van der Waals surface area (Å²) in [5.74, 6) is 2.29. The second-order valence-electron chi connectivity index (χ2n) is 6.82. The molecular weight excluding hydrogens is 352 g/mol. The number of aliphatic imine (C=N–C) groups is 1. The summed E-state index contributed by atoms with van der Waals surface area (Å²) in [7, 11) is 0. The van der Waals surface area contributed by atoms with Gasteiger partial charge in [-0.15, -0.1) is 0 Å². The molecule has 0 spiro atoms. The summed E-state index contributed by atoms with van der Waals surface area (Å²) in [5, 5.41) is 7.22. The quantitative estimate of drug-likeness (QED) is 0.585. The fraction of sp³-hybridized carbons (Fsp3) is 0.476. The summed E-state index contributed by atoms with van der Waals surface area (Å²) in [6.45, 7) is 10.4. The standard InChI is InChI=1S/C21H30N6O/c1-3-22-21(23-12-11-20-24-18(2)25-28-20)27-16-14-26(15-17-27)13-7-10-19-8-5-4-6-9-19/h4-10H,3,11-17H2,1-2H3,(H,22,23). The lowest BCUT2D eigenvalue weighted by Gasteiger charge is -2.36. The van der Waals surface area contributed by atoms with Crippen LogP contribution in [0, 0.1) is 6.92 Å². The van der Waals surface area contributed by atoms with Crippen molar-refractivity contribution < 1.29 is 4.52 Å². The topological polar surface area (TPSA) is 69.8 Å². The number of aryl methyl sites for hydroxylation is 1. The maximum absolute atomic E-state index is 5.16. The van der Waals surface area contributed by atoms with Crippen molar-refractivity contribution >= 4 is 12.0 Å². The lowest BCUT2D eigenvalue weighted by molar-refractivity contribution is 0.194. The molecule has 0 radical (unpaired) electrons. The van der Waals surface area contributed by atoms with Gasteiger partial charge in [-0.25, -0.2) is 0 Å². The third-order valence-electron chi connectivity index (χ3n) is 4.64. The van der Waals surface area contributed by atoms with E-state index in [9.17, 15) is 0 Å². The average molecular weight is 383 g/mol. The molecule has 150 valence electrons. The number of hydrogen-bond acceptors (Lipinski definition) is 5. The summed E-state index contributed by atoms with van der Waals surface area (Å²) in [6.07, 6.45) is 5.10. The van der Waals surface area contributed by atoms with Crippen LogP contribution in [-0.2, 0) is 6.42 Å². The molecule has 1 aliphatic heterocycles. The van der Waals surface area contributed by atoms with Crippen molar-refractivity contribution in [3.8, 4) is 0 Å². The molecule has 0 aliphatic carbocycles. The largest absolute Gasteiger partial charge is 0.357 e. The van der Waals surface area contributed by atoms with Crippen molar-refractivity contribution in [3.63, 3.8) is 0 Å². The van der Waals surface area contributed by atoms with Crippen LogP contribution in [0.3, 0.4) is 0 Å². The number of nitrogens with zero attached hydrogens (tertiary/aromatic N) is 5. The molecule has 7 nitrogen and oxygen atoms in total. The van der Waals surface area contributed by atoms with Crippen LogP contribution < -0.4 is 5.32 Å². The van der Waals surface area contributed by atoms with E-state index >= 15 is 0 Å². The van der Waals surface area contributed by atoms with Gasteiger partial charge in [-0.1, -0.05) is 47.6 Å². The molecule has 1 N–H and O–H groups in total. The number of aromatic nitrogens is 2. The van der Waals surface area contributed by atoms with Gasteiger partial charge in [0, 0.05) is 45.7 Å². The third-order valence-corrected chi connectivity index (χ3v) is 4.64. The van der Waals surface area contributed by atoms with Crippen molar-refractivity contribution in [1.82, 2.24) is 25.3 Å². The smallest absolute Gasteiger partial charge is 0.228 e. The molecule has 28 heavy (non-hydrogen) atoms. The molecular formula is C21H30N6O. The number of rotatable bonds is 7. The van der Waals surface area contributed by atoms with E-state index in [0.717, 1.165) is 45.2 Å². The fourth-order valence-electron chi connectivity index (χ4n) is 3.17. The predicted molar refractivity (Wildman–Crippen MR) is 112 cm³/mol. The Hall–Kier alpha value is -2.67. The lowest BCUT2D eigenvalue weighted by Crippen LogP contribution is -2.52. The minimum absolute atomic E-state index is 0.643. The first-order chi connectivity index (χ1) is 13.7. The van der Waals surface area contributed by atoms with Crippen LogP contribution in [-0.4, -0.2) is 71.7 Å². The van der Waals surface area contributed by atoms with Gasteiger partial charge in [-0.2, -0.15) is 4.98 Å². The zero-order valence-electron chi connectivity index (χ0n) is 16.8. The molecule has 0 bridgehead atoms. The predicted octanol–water partition coefficient (Wildman–Crippen LogP) is 2.22. The van der Waals surface area contributed by atoms with Gasteiger partial charge in [0.15, 0.2) is 11.8 Å². The number of guanidine groups is 1. The van der Waals surface area contributed by atoms with Gasteiger partial charge in [-0.3, -0.25) is 9.89 Å². The first kappa shape index (κ1) is 20.1. The van der Waals surface area contributed by atoms with Gasteiger partial charge in [-0.05, 0) is 19.4 Å². The first-order valence-corrected chi connectivity index (χ1v) is 10.0. The monoisotopic (exact) mass is 382 g/mol. The minimum atomic E-state index is 0.643. The Bertz CT molecular complexity index is 762. The highest BCUT2D eigenvalue weighted by molar-refractivity contribution is 5.80. The van der Waals surface area contributed by atoms with Gasteiger partial charge >= 0.3 is 0 Å². The summed E-state index contributed by atoms with van der Waals surface area (Å²) in [5.41, 5.74) is 1.25. The van der Waals surface area contributed by atoms with E-state index in [0.29, 0.717) is 24.7 Å². The van der Waals surface area contributed by atoms with Crippen molar-refractivity contribution in [2.45, 2.75) is 20.3 Å². The summed E-state index contributed by atoms with van der Waals surface area (Å²) in [6, 6.07) is 10.4. The summed E-state index contributed by atoms with van der Waals surface area (Å²) < 4.78 is 5.16. The first-order valence-electron chi connectivity index (χ1n) is 10.0. The van der Waals surface area contributed by atoms with Gasteiger partial charge < -0.3 is 14.7 Å². The van der Waals surface area contributed by atoms with Gasteiger partial charge in [0.25, 0.3) is 0 Å². The van der Waals surface area contributed by atoms with Crippen LogP contribution in [0.4, 0.5) is 0 Å². The van der Waals surface area contributed by atoms with Crippen LogP contribution in [0.5, 0.6) is 0 Å². The molecule has 3 rings (SSSR count). The second-order valence-corrected chi connectivity index (χ2v) is 6.82. The maximum atomic E-state index is 5.16. The Morgan fingerprint density at radius 3 is 2.68 bits per heavy atom. The van der Waals surface area contributed by atoms with Crippen LogP contribution in [0.2, 0.25) is 0 Å². The molecule has 7 heteroatoms. The van der Waals surface area contributed by atoms with Crippen molar-refractivity contribution in [3.05, 3.63) is 53.7 Å². The number of hydrogen-bond donors (Lipinski definition) is 1. The molecule has 1 aromatic carbocycles. The molecule has 0 saturated carbocycles. The van der Waals surface area contributed by atoms with E-state index in [1.165, 1.54) is 5.56 Å². The molecule has 1 fully saturated rings. The third kappa shape index (κ3) is 6.20. The van der Waals surface area contributed by atoms with Crippen LogP contribution in [0.25, 0.3) is 6.08 Å². The summed E-state index contributed by atoms with van der Waals surface area (Å²) >= 11 is 0. The van der Waals surface area contributed by atoms with E-state index in [2.05, 4.69) is 68.6 Å². The fourth-order valence-corrected chi connectivity index (χ4v) is 3.17. The average Bonchev–Trinajstić information content (AvgIpc) is 3.14. The lowest BCUT2D eigenvalue weighted by atomic mass is 10.2. The molecule has 1 aromatic heterocycles. The molecule has 2 heterocycles. The van der Waals surface area contributed by atoms with Crippen molar-refractivity contribution in [2.75, 3.05) is 45.8 Å². The van der Waals surface area contributed by atoms with E-state index in [1.807, 2.05) is 13.0 Å². The van der Waals surface area contributed by atoms with Crippen LogP contribution in [0.15, 0.2) is 45.9 Å². The zero-order valence-corrected chi connectivity index (χ0v) is 16.8. The number of nitrogens with one attached hydrogen (secondary N) is 1. The Morgan fingerprint density at radius 2 is 2.00 bits per heavy atom. The molecule has 0 unspecified atom stereocenters. The number of piperazine rings is 1. The van der Waals surface area contributed by atoms with Gasteiger partial charge in [0.2, 0.25) is 5.89 Å². The zero-order chi connectivity index (χ0) is 19.6. The Balaban J connectivity index is 1.45. The molecule has 1 saturated heterocycles. The Kier molecular flexibility index (Phi) is 7.61. The highest BCUT2D eigenvalue weighted by Crippen LogP contribution is 2.05. The Labute approximate surface area is 167 Å². The van der Waals surface area contributed by atoms with Crippen molar-refractivity contribution in [2.24, 2.45) is 4.99 Å². The van der Waals surface area contributed by atoms with Crippen molar-refractivity contribution in [1.29, 1.82) is 0 Å². The van der Waals surface area contributed by atoms with Gasteiger partial charge in [0.1, 0.15) is 0 Å². The molecule has 0 amide bonds. The molecule has 2 aromatic rings. The molecule has 0 atom stereocenters. The SMILES string of the molecule is CCNC(=NCCc1nc(C)no1)N1CCN(CC=Cc2ccccc2)CC1. The van der Waals surface area contributed by atoms with Crippen LogP contribution >= 0.6 is 0 Å². The Morgan fingerprint density at radius 1 is 1.21 bits per heavy atom. The van der Waals surface area contributed by atoms with Gasteiger partial charge in [0.05, 0.1) is 6.54 Å². The normalized spacial score (nSPS) is 16.1. The molecule has 1 aliphatic rings. The highest BCUT2D eigenvalue weighted by Gasteiger charge is 2.18. The van der Waals surface area contributed by atoms with E-state index < -0.39 is 0 Å². The maximum Gasteiger partial charge on any atom is 0.228 e. The van der Waals surface area contributed by atoms with E-state index in [-0.39, 0.29) is 0 Å².